The predicted molar refractivity (Wildman–Crippen MR) is 69.1 cm³/mol. The summed E-state index contributed by atoms with van der Waals surface area (Å²) in [5.74, 6) is 0.0664. The zero-order valence-corrected chi connectivity index (χ0v) is 10.5. The molecule has 2 aromatic heterocycles. The fourth-order valence-electron chi connectivity index (χ4n) is 2.07. The topological polar surface area (TPSA) is 41.6 Å². The second-order valence-corrected chi connectivity index (χ2v) is 4.51. The Balaban J connectivity index is 2.18. The van der Waals surface area contributed by atoms with Crippen LogP contribution in [0.5, 0.6) is 0 Å². The van der Waals surface area contributed by atoms with Gasteiger partial charge in [0.2, 0.25) is 0 Å². The molecule has 0 bridgehead atoms. The number of fused-ring (bicyclic) bond motifs is 1. The van der Waals surface area contributed by atoms with Gasteiger partial charge in [-0.15, -0.1) is 0 Å². The standard InChI is InChI=1S/C14H10F3N3/c1-8-2-3-11-9(6-8)10(7-19-11)13-18-5-4-12(20-13)14(15,16)17/h2-7,19H,1H3. The summed E-state index contributed by atoms with van der Waals surface area (Å²) in [6.07, 6.45) is -1.72. The second-order valence-electron chi connectivity index (χ2n) is 4.51. The molecule has 0 aliphatic carbocycles. The van der Waals surface area contributed by atoms with Gasteiger partial charge in [-0.3, -0.25) is 0 Å². The minimum Gasteiger partial charge on any atom is -0.360 e. The lowest BCUT2D eigenvalue weighted by Crippen LogP contribution is -2.08. The number of nitrogens with zero attached hydrogens (tertiary/aromatic N) is 2. The molecule has 0 aliphatic heterocycles. The molecule has 102 valence electrons. The molecule has 0 fully saturated rings. The number of alkyl halides is 3. The molecule has 2 heterocycles. The van der Waals surface area contributed by atoms with Gasteiger partial charge >= 0.3 is 6.18 Å². The van der Waals surface area contributed by atoms with E-state index < -0.39 is 11.9 Å². The van der Waals surface area contributed by atoms with Crippen molar-refractivity contribution in [3.05, 3.63) is 47.9 Å². The molecule has 0 saturated heterocycles. The number of H-pyrrole nitrogens is 1. The number of rotatable bonds is 1. The highest BCUT2D eigenvalue weighted by atomic mass is 19.4. The minimum atomic E-state index is -4.47. The van der Waals surface area contributed by atoms with Crippen LogP contribution < -0.4 is 0 Å². The Morgan fingerprint density at radius 3 is 2.70 bits per heavy atom. The second kappa shape index (κ2) is 4.33. The molecule has 3 aromatic rings. The Bertz CT molecular complexity index is 775. The van der Waals surface area contributed by atoms with Gasteiger partial charge in [0.15, 0.2) is 5.82 Å². The van der Waals surface area contributed by atoms with Crippen LogP contribution in [0.2, 0.25) is 0 Å². The average Bonchev–Trinajstić information content (AvgIpc) is 2.81. The fourth-order valence-corrected chi connectivity index (χ4v) is 2.07. The quantitative estimate of drug-likeness (QED) is 0.731. The number of nitrogens with one attached hydrogen (secondary N) is 1. The van der Waals surface area contributed by atoms with Crippen molar-refractivity contribution in [1.82, 2.24) is 15.0 Å². The third-order valence-electron chi connectivity index (χ3n) is 3.02. The molecule has 1 aromatic carbocycles. The molecule has 0 atom stereocenters. The molecule has 0 saturated carbocycles. The fraction of sp³-hybridized carbons (Fsp3) is 0.143. The van der Waals surface area contributed by atoms with Crippen LogP contribution in [0, 0.1) is 6.92 Å². The Morgan fingerprint density at radius 2 is 1.95 bits per heavy atom. The maximum atomic E-state index is 12.7. The van der Waals surface area contributed by atoms with Gasteiger partial charge in [-0.1, -0.05) is 11.6 Å². The first-order valence-corrected chi connectivity index (χ1v) is 5.93. The lowest BCUT2D eigenvalue weighted by atomic mass is 10.1. The number of aromatic nitrogens is 3. The molecule has 1 N–H and O–H groups in total. The molecule has 3 nitrogen and oxygen atoms in total. The first kappa shape index (κ1) is 12.7. The Kier molecular flexibility index (Phi) is 2.74. The number of hydrogen-bond acceptors (Lipinski definition) is 2. The van der Waals surface area contributed by atoms with Crippen molar-refractivity contribution in [2.45, 2.75) is 13.1 Å². The lowest BCUT2D eigenvalue weighted by Gasteiger charge is -2.06. The normalized spacial score (nSPS) is 12.0. The van der Waals surface area contributed by atoms with E-state index in [-0.39, 0.29) is 5.82 Å². The first-order chi connectivity index (χ1) is 9.45. The largest absolute Gasteiger partial charge is 0.433 e. The molecule has 0 radical (unpaired) electrons. The van der Waals surface area contributed by atoms with Crippen LogP contribution in [0.1, 0.15) is 11.3 Å². The summed E-state index contributed by atoms with van der Waals surface area (Å²) in [5, 5.41) is 0.810. The average molecular weight is 277 g/mol. The van der Waals surface area contributed by atoms with E-state index in [0.29, 0.717) is 5.56 Å². The first-order valence-electron chi connectivity index (χ1n) is 5.93. The van der Waals surface area contributed by atoms with E-state index in [9.17, 15) is 13.2 Å². The molecule has 0 aliphatic rings. The molecular formula is C14H10F3N3. The predicted octanol–water partition coefficient (Wildman–Crippen LogP) is 3.95. The van der Waals surface area contributed by atoms with Gasteiger partial charge in [0.1, 0.15) is 5.69 Å². The molecule has 3 rings (SSSR count). The maximum Gasteiger partial charge on any atom is 0.433 e. The molecule has 0 amide bonds. The Labute approximate surface area is 112 Å². The van der Waals surface area contributed by atoms with Crippen LogP contribution in [0.3, 0.4) is 0 Å². The maximum absolute atomic E-state index is 12.7. The molecular weight excluding hydrogens is 267 g/mol. The number of aromatic amines is 1. The van der Waals surface area contributed by atoms with Crippen LogP contribution in [0.25, 0.3) is 22.3 Å². The molecule has 0 spiro atoms. The van der Waals surface area contributed by atoms with E-state index in [1.807, 2.05) is 25.1 Å². The van der Waals surface area contributed by atoms with Crippen molar-refractivity contribution >= 4 is 10.9 Å². The number of halogens is 3. The van der Waals surface area contributed by atoms with Crippen molar-refractivity contribution in [3.8, 4) is 11.4 Å². The van der Waals surface area contributed by atoms with Gasteiger partial charge in [0.25, 0.3) is 0 Å². The SMILES string of the molecule is Cc1ccc2[nH]cc(-c3nccc(C(F)(F)F)n3)c2c1. The summed E-state index contributed by atoms with van der Waals surface area (Å²) in [6.45, 7) is 1.92. The van der Waals surface area contributed by atoms with Crippen molar-refractivity contribution in [2.24, 2.45) is 0 Å². The van der Waals surface area contributed by atoms with Crippen molar-refractivity contribution in [1.29, 1.82) is 0 Å². The van der Waals surface area contributed by atoms with E-state index >= 15 is 0 Å². The van der Waals surface area contributed by atoms with Crippen LogP contribution in [-0.4, -0.2) is 15.0 Å². The number of aryl methyl sites for hydroxylation is 1. The summed E-state index contributed by atoms with van der Waals surface area (Å²) >= 11 is 0. The highest BCUT2D eigenvalue weighted by Crippen LogP contribution is 2.31. The van der Waals surface area contributed by atoms with Gasteiger partial charge in [-0.25, -0.2) is 9.97 Å². The zero-order valence-electron chi connectivity index (χ0n) is 10.5. The monoisotopic (exact) mass is 277 g/mol. The van der Waals surface area contributed by atoms with Crippen LogP contribution in [0.15, 0.2) is 36.7 Å². The van der Waals surface area contributed by atoms with Gasteiger partial charge in [-0.05, 0) is 25.1 Å². The van der Waals surface area contributed by atoms with Crippen molar-refractivity contribution in [3.63, 3.8) is 0 Å². The van der Waals surface area contributed by atoms with Crippen LogP contribution >= 0.6 is 0 Å². The smallest absolute Gasteiger partial charge is 0.360 e. The molecule has 0 unspecified atom stereocenters. The van der Waals surface area contributed by atoms with Crippen LogP contribution in [-0.2, 0) is 6.18 Å². The summed E-state index contributed by atoms with van der Waals surface area (Å²) in [5.41, 5.74) is 1.48. The summed E-state index contributed by atoms with van der Waals surface area (Å²) in [4.78, 5) is 10.6. The molecule has 20 heavy (non-hydrogen) atoms. The van der Waals surface area contributed by atoms with Gasteiger partial charge in [0.05, 0.1) is 0 Å². The third kappa shape index (κ3) is 2.13. The Morgan fingerprint density at radius 1 is 1.15 bits per heavy atom. The van der Waals surface area contributed by atoms with E-state index in [1.54, 1.807) is 6.20 Å². The zero-order chi connectivity index (χ0) is 14.3. The summed E-state index contributed by atoms with van der Waals surface area (Å²) in [6, 6.07) is 6.56. The highest BCUT2D eigenvalue weighted by Gasteiger charge is 2.33. The lowest BCUT2D eigenvalue weighted by molar-refractivity contribution is -0.141. The summed E-state index contributed by atoms with van der Waals surface area (Å²) in [7, 11) is 0. The van der Waals surface area contributed by atoms with Crippen molar-refractivity contribution in [2.75, 3.05) is 0 Å². The Hall–Kier alpha value is -2.37. The summed E-state index contributed by atoms with van der Waals surface area (Å²) < 4.78 is 38.1. The van der Waals surface area contributed by atoms with E-state index in [4.69, 9.17) is 0 Å². The van der Waals surface area contributed by atoms with Gasteiger partial charge in [0, 0.05) is 28.9 Å². The van der Waals surface area contributed by atoms with E-state index in [0.717, 1.165) is 28.7 Å². The molecule has 6 heteroatoms. The third-order valence-corrected chi connectivity index (χ3v) is 3.02. The highest BCUT2D eigenvalue weighted by molar-refractivity contribution is 5.94. The van der Waals surface area contributed by atoms with E-state index in [1.165, 1.54) is 0 Å². The van der Waals surface area contributed by atoms with Crippen LogP contribution in [0.4, 0.5) is 13.2 Å². The minimum absolute atomic E-state index is 0.0664. The van der Waals surface area contributed by atoms with Crippen molar-refractivity contribution < 1.29 is 13.2 Å². The van der Waals surface area contributed by atoms with Gasteiger partial charge in [-0.2, -0.15) is 13.2 Å². The number of hydrogen-bond donors (Lipinski definition) is 1. The number of benzene rings is 1. The van der Waals surface area contributed by atoms with Gasteiger partial charge < -0.3 is 4.98 Å². The van der Waals surface area contributed by atoms with E-state index in [2.05, 4.69) is 15.0 Å².